The number of halogens is 1. The minimum absolute atomic E-state index is 0.286. The summed E-state index contributed by atoms with van der Waals surface area (Å²) in [5.41, 5.74) is 4.07. The highest BCUT2D eigenvalue weighted by molar-refractivity contribution is 5.59. The van der Waals surface area contributed by atoms with Gasteiger partial charge in [-0.15, -0.1) is 0 Å². The normalized spacial score (nSPS) is 15.4. The first-order chi connectivity index (χ1) is 9.15. The van der Waals surface area contributed by atoms with Gasteiger partial charge in [0.2, 0.25) is 0 Å². The molecule has 19 heavy (non-hydrogen) atoms. The number of aliphatic hydroxyl groups is 1. The third-order valence-corrected chi connectivity index (χ3v) is 3.73. The summed E-state index contributed by atoms with van der Waals surface area (Å²) in [5.74, 6) is -0.286. The van der Waals surface area contributed by atoms with Gasteiger partial charge in [0.05, 0.1) is 0 Å². The molecule has 1 heterocycles. The van der Waals surface area contributed by atoms with Crippen molar-refractivity contribution in [2.45, 2.75) is 12.5 Å². The van der Waals surface area contributed by atoms with E-state index in [1.165, 1.54) is 23.4 Å². The number of likely N-dealkylation sites (N-methyl/N-ethyl adjacent to an activating group) is 1. The van der Waals surface area contributed by atoms with Crippen LogP contribution in [0.15, 0.2) is 42.5 Å². The Morgan fingerprint density at radius 2 is 1.79 bits per heavy atom. The predicted molar refractivity (Wildman–Crippen MR) is 73.9 cm³/mol. The van der Waals surface area contributed by atoms with Crippen LogP contribution in [0.1, 0.15) is 22.8 Å². The second kappa shape index (κ2) is 4.67. The molecule has 3 heteroatoms. The van der Waals surface area contributed by atoms with Gasteiger partial charge in [-0.2, -0.15) is 0 Å². The Morgan fingerprint density at radius 3 is 2.53 bits per heavy atom. The van der Waals surface area contributed by atoms with E-state index in [-0.39, 0.29) is 5.82 Å². The SMILES string of the molecule is CN1CCc2cc(C(O)c3ccc(F)cc3)ccc21. The number of rotatable bonds is 2. The van der Waals surface area contributed by atoms with Gasteiger partial charge < -0.3 is 10.0 Å². The number of nitrogens with zero attached hydrogens (tertiary/aromatic N) is 1. The van der Waals surface area contributed by atoms with Crippen molar-refractivity contribution in [3.05, 3.63) is 65.0 Å². The van der Waals surface area contributed by atoms with E-state index in [9.17, 15) is 9.50 Å². The van der Waals surface area contributed by atoms with Crippen molar-refractivity contribution in [1.82, 2.24) is 0 Å². The van der Waals surface area contributed by atoms with Gasteiger partial charge in [-0.1, -0.05) is 24.3 Å². The second-order valence-corrected chi connectivity index (χ2v) is 5.01. The first kappa shape index (κ1) is 12.2. The Bertz CT molecular complexity index is 594. The van der Waals surface area contributed by atoms with Gasteiger partial charge in [-0.05, 0) is 41.3 Å². The average molecular weight is 257 g/mol. The molecular weight excluding hydrogens is 241 g/mol. The standard InChI is InChI=1S/C16H16FNO/c1-18-9-8-12-10-13(4-7-15(12)18)16(19)11-2-5-14(17)6-3-11/h2-7,10,16,19H,8-9H2,1H3. The molecule has 2 aromatic rings. The van der Waals surface area contributed by atoms with Gasteiger partial charge in [-0.25, -0.2) is 4.39 Å². The molecule has 98 valence electrons. The third-order valence-electron chi connectivity index (χ3n) is 3.73. The zero-order chi connectivity index (χ0) is 13.4. The number of anilines is 1. The Morgan fingerprint density at radius 1 is 1.11 bits per heavy atom. The van der Waals surface area contributed by atoms with Crippen molar-refractivity contribution in [1.29, 1.82) is 0 Å². The Hall–Kier alpha value is -1.87. The van der Waals surface area contributed by atoms with Gasteiger partial charge in [0.1, 0.15) is 11.9 Å². The first-order valence-corrected chi connectivity index (χ1v) is 6.42. The van der Waals surface area contributed by atoms with Crippen LogP contribution < -0.4 is 4.90 Å². The molecule has 1 N–H and O–H groups in total. The lowest BCUT2D eigenvalue weighted by Crippen LogP contribution is -2.12. The van der Waals surface area contributed by atoms with Crippen molar-refractivity contribution < 1.29 is 9.50 Å². The van der Waals surface area contributed by atoms with Gasteiger partial charge in [0.15, 0.2) is 0 Å². The molecule has 1 atom stereocenters. The highest BCUT2D eigenvalue weighted by Crippen LogP contribution is 2.31. The van der Waals surface area contributed by atoms with Crippen molar-refractivity contribution in [3.8, 4) is 0 Å². The van der Waals surface area contributed by atoms with Crippen LogP contribution in [0.4, 0.5) is 10.1 Å². The zero-order valence-corrected chi connectivity index (χ0v) is 10.8. The molecule has 0 amide bonds. The number of benzene rings is 2. The van der Waals surface area contributed by atoms with Crippen LogP contribution in [0.2, 0.25) is 0 Å². The van der Waals surface area contributed by atoms with Crippen LogP contribution in [0.25, 0.3) is 0 Å². The van der Waals surface area contributed by atoms with Gasteiger partial charge in [0, 0.05) is 19.3 Å². The van der Waals surface area contributed by atoms with E-state index in [0.29, 0.717) is 5.56 Å². The van der Waals surface area contributed by atoms with Crippen LogP contribution >= 0.6 is 0 Å². The molecule has 0 fully saturated rings. The molecule has 0 aromatic heterocycles. The summed E-state index contributed by atoms with van der Waals surface area (Å²) in [6.07, 6.45) is 0.312. The maximum Gasteiger partial charge on any atom is 0.123 e. The monoisotopic (exact) mass is 257 g/mol. The highest BCUT2D eigenvalue weighted by Gasteiger charge is 2.18. The maximum absolute atomic E-state index is 12.9. The largest absolute Gasteiger partial charge is 0.384 e. The van der Waals surface area contributed by atoms with Crippen molar-refractivity contribution in [3.63, 3.8) is 0 Å². The summed E-state index contributed by atoms with van der Waals surface area (Å²) in [6.45, 7) is 1.02. The summed E-state index contributed by atoms with van der Waals surface area (Å²) < 4.78 is 12.9. The average Bonchev–Trinajstić information content (AvgIpc) is 2.80. The molecule has 2 aromatic carbocycles. The van der Waals surface area contributed by atoms with Crippen molar-refractivity contribution in [2.75, 3.05) is 18.5 Å². The quantitative estimate of drug-likeness (QED) is 0.894. The molecule has 0 bridgehead atoms. The van der Waals surface area contributed by atoms with Crippen LogP contribution in [0, 0.1) is 5.82 Å². The van der Waals surface area contributed by atoms with Crippen LogP contribution in [0.3, 0.4) is 0 Å². The van der Waals surface area contributed by atoms with E-state index in [0.717, 1.165) is 18.5 Å². The lowest BCUT2D eigenvalue weighted by atomic mass is 9.99. The summed E-state index contributed by atoms with van der Waals surface area (Å²) >= 11 is 0. The van der Waals surface area contributed by atoms with Crippen molar-refractivity contribution >= 4 is 5.69 Å². The summed E-state index contributed by atoms with van der Waals surface area (Å²) in [7, 11) is 2.07. The highest BCUT2D eigenvalue weighted by atomic mass is 19.1. The number of fused-ring (bicyclic) bond motifs is 1. The molecular formula is C16H16FNO. The number of aliphatic hydroxyl groups excluding tert-OH is 1. The minimum atomic E-state index is -0.697. The molecule has 0 radical (unpaired) electrons. The topological polar surface area (TPSA) is 23.5 Å². The van der Waals surface area contributed by atoms with E-state index in [2.05, 4.69) is 11.9 Å². The molecule has 2 nitrogen and oxygen atoms in total. The molecule has 0 saturated heterocycles. The van der Waals surface area contributed by atoms with Crippen LogP contribution in [-0.2, 0) is 6.42 Å². The number of hydrogen-bond acceptors (Lipinski definition) is 2. The molecule has 0 spiro atoms. The predicted octanol–water partition coefficient (Wildman–Crippen LogP) is 2.90. The Labute approximate surface area is 112 Å². The van der Waals surface area contributed by atoms with Crippen LogP contribution in [0.5, 0.6) is 0 Å². The fourth-order valence-corrected chi connectivity index (χ4v) is 2.59. The van der Waals surface area contributed by atoms with E-state index < -0.39 is 6.10 Å². The fraction of sp³-hybridized carbons (Fsp3) is 0.250. The molecule has 3 rings (SSSR count). The van der Waals surface area contributed by atoms with Crippen LogP contribution in [-0.4, -0.2) is 18.7 Å². The zero-order valence-electron chi connectivity index (χ0n) is 10.8. The van der Waals surface area contributed by atoms with E-state index in [1.54, 1.807) is 12.1 Å². The molecule has 1 aliphatic rings. The van der Waals surface area contributed by atoms with E-state index in [4.69, 9.17) is 0 Å². The van der Waals surface area contributed by atoms with Gasteiger partial charge >= 0.3 is 0 Å². The van der Waals surface area contributed by atoms with Gasteiger partial charge in [-0.3, -0.25) is 0 Å². The Kier molecular flexibility index (Phi) is 2.99. The second-order valence-electron chi connectivity index (χ2n) is 5.01. The minimum Gasteiger partial charge on any atom is -0.384 e. The molecule has 1 unspecified atom stereocenters. The maximum atomic E-state index is 12.9. The van der Waals surface area contributed by atoms with Gasteiger partial charge in [0.25, 0.3) is 0 Å². The first-order valence-electron chi connectivity index (χ1n) is 6.42. The summed E-state index contributed by atoms with van der Waals surface area (Å²) in [4.78, 5) is 2.21. The molecule has 0 aliphatic carbocycles. The lowest BCUT2D eigenvalue weighted by molar-refractivity contribution is 0.220. The summed E-state index contributed by atoms with van der Waals surface area (Å²) in [6, 6.07) is 12.0. The smallest absolute Gasteiger partial charge is 0.123 e. The lowest BCUT2D eigenvalue weighted by Gasteiger charge is -2.15. The Balaban J connectivity index is 1.92. The van der Waals surface area contributed by atoms with Crippen molar-refractivity contribution in [2.24, 2.45) is 0 Å². The van der Waals surface area contributed by atoms with E-state index >= 15 is 0 Å². The fourth-order valence-electron chi connectivity index (χ4n) is 2.59. The number of hydrogen-bond donors (Lipinski definition) is 1. The van der Waals surface area contributed by atoms with E-state index in [1.807, 2.05) is 18.2 Å². The third kappa shape index (κ3) is 2.22. The summed E-state index contributed by atoms with van der Waals surface area (Å²) in [5, 5.41) is 10.3. The molecule has 1 aliphatic heterocycles. The molecule has 0 saturated carbocycles.